The number of hydrogen-bond donors (Lipinski definition) is 1. The summed E-state index contributed by atoms with van der Waals surface area (Å²) in [5.74, 6) is 0.238. The molecule has 0 bridgehead atoms. The largest absolute Gasteiger partial charge is 0.497 e. The minimum atomic E-state index is -0.628. The van der Waals surface area contributed by atoms with Crippen LogP contribution in [0.1, 0.15) is 15.9 Å². The van der Waals surface area contributed by atoms with Crippen molar-refractivity contribution in [2.75, 3.05) is 45.3 Å². The minimum Gasteiger partial charge on any atom is -0.497 e. The van der Waals surface area contributed by atoms with Crippen molar-refractivity contribution in [3.63, 3.8) is 0 Å². The molecule has 4 rings (SSSR count). The number of pyridine rings is 1. The summed E-state index contributed by atoms with van der Waals surface area (Å²) >= 11 is 0. The van der Waals surface area contributed by atoms with E-state index in [1.165, 1.54) is 19.0 Å². The summed E-state index contributed by atoms with van der Waals surface area (Å²) in [6.07, 6.45) is 1.42. The van der Waals surface area contributed by atoms with Crippen LogP contribution >= 0.6 is 0 Å². The van der Waals surface area contributed by atoms with Gasteiger partial charge in [0.25, 0.3) is 0 Å². The van der Waals surface area contributed by atoms with Crippen LogP contribution in [0, 0.1) is 0 Å². The number of aromatic nitrogens is 1. The zero-order chi connectivity index (χ0) is 21.1. The van der Waals surface area contributed by atoms with E-state index in [2.05, 4.69) is 31.7 Å². The van der Waals surface area contributed by atoms with Crippen LogP contribution in [0.2, 0.25) is 0 Å². The second-order valence-electron chi connectivity index (χ2n) is 7.36. The molecular weight excluding hydrogens is 382 g/mol. The highest BCUT2D eigenvalue weighted by molar-refractivity contribution is 5.93. The van der Waals surface area contributed by atoms with Crippen LogP contribution in [0.5, 0.6) is 5.75 Å². The molecule has 7 heteroatoms. The first kappa shape index (κ1) is 20.0. The third kappa shape index (κ3) is 4.02. The highest BCUT2D eigenvalue weighted by Gasteiger charge is 2.18. The number of carbonyl (C=O) groups excluding carboxylic acids is 1. The summed E-state index contributed by atoms with van der Waals surface area (Å²) in [6.45, 7) is 4.65. The van der Waals surface area contributed by atoms with E-state index in [1.54, 1.807) is 13.2 Å². The van der Waals surface area contributed by atoms with Gasteiger partial charge in [-0.1, -0.05) is 6.07 Å². The van der Waals surface area contributed by atoms with Gasteiger partial charge in [0.05, 0.1) is 14.2 Å². The van der Waals surface area contributed by atoms with Crippen LogP contribution in [-0.2, 0) is 11.3 Å². The summed E-state index contributed by atoms with van der Waals surface area (Å²) in [7, 11) is 2.94. The van der Waals surface area contributed by atoms with Gasteiger partial charge in [-0.05, 0) is 42.0 Å². The molecule has 0 spiro atoms. The average molecular weight is 407 g/mol. The van der Waals surface area contributed by atoms with Gasteiger partial charge in [0.1, 0.15) is 11.3 Å². The van der Waals surface area contributed by atoms with Crippen molar-refractivity contribution in [3.8, 4) is 5.75 Å². The monoisotopic (exact) mass is 407 g/mol. The molecule has 30 heavy (non-hydrogen) atoms. The van der Waals surface area contributed by atoms with E-state index < -0.39 is 5.97 Å². The number of nitrogens with zero attached hydrogens (tertiary/aromatic N) is 2. The fourth-order valence-corrected chi connectivity index (χ4v) is 3.84. The van der Waals surface area contributed by atoms with Gasteiger partial charge in [-0.15, -0.1) is 0 Å². The molecule has 1 fully saturated rings. The van der Waals surface area contributed by atoms with Gasteiger partial charge in [0.2, 0.25) is 5.43 Å². The van der Waals surface area contributed by atoms with Gasteiger partial charge in [-0.2, -0.15) is 0 Å². The van der Waals surface area contributed by atoms with E-state index in [0.29, 0.717) is 5.39 Å². The van der Waals surface area contributed by atoms with Crippen molar-refractivity contribution < 1.29 is 14.3 Å². The van der Waals surface area contributed by atoms with Gasteiger partial charge >= 0.3 is 5.97 Å². The van der Waals surface area contributed by atoms with Crippen LogP contribution < -0.4 is 15.1 Å². The van der Waals surface area contributed by atoms with Gasteiger partial charge in [0, 0.05) is 55.5 Å². The number of ether oxygens (including phenoxy) is 2. The number of nitrogens with one attached hydrogen (secondary N) is 1. The first-order valence-electron chi connectivity index (χ1n) is 9.93. The Balaban J connectivity index is 1.42. The number of rotatable bonds is 5. The lowest BCUT2D eigenvalue weighted by Gasteiger charge is -2.36. The van der Waals surface area contributed by atoms with Crippen molar-refractivity contribution in [2.45, 2.75) is 6.54 Å². The van der Waals surface area contributed by atoms with Crippen LogP contribution in [0.4, 0.5) is 5.69 Å². The Bertz CT molecular complexity index is 1100. The third-order valence-electron chi connectivity index (χ3n) is 5.57. The molecule has 0 saturated carbocycles. The Labute approximate surface area is 174 Å². The number of anilines is 1. The van der Waals surface area contributed by atoms with Gasteiger partial charge in [-0.25, -0.2) is 4.79 Å². The Morgan fingerprint density at radius 2 is 1.77 bits per heavy atom. The lowest BCUT2D eigenvalue weighted by Crippen LogP contribution is -2.45. The summed E-state index contributed by atoms with van der Waals surface area (Å²) in [6, 6.07) is 13.9. The summed E-state index contributed by atoms with van der Waals surface area (Å²) in [5, 5.41) is 0.492. The maximum Gasteiger partial charge on any atom is 0.343 e. The number of methoxy groups -OCH3 is 2. The number of fused-ring (bicyclic) bond motifs is 1. The highest BCUT2D eigenvalue weighted by Crippen LogP contribution is 2.21. The predicted molar refractivity (Wildman–Crippen MR) is 116 cm³/mol. The van der Waals surface area contributed by atoms with Crippen LogP contribution in [0.15, 0.2) is 53.5 Å². The van der Waals surface area contributed by atoms with Gasteiger partial charge in [0.15, 0.2) is 0 Å². The van der Waals surface area contributed by atoms with E-state index in [9.17, 15) is 9.59 Å². The molecule has 1 aliphatic rings. The molecule has 0 radical (unpaired) electrons. The number of esters is 1. The van der Waals surface area contributed by atoms with Crippen molar-refractivity contribution >= 4 is 22.6 Å². The maximum atomic E-state index is 12.5. The number of hydrogen-bond acceptors (Lipinski definition) is 6. The number of benzene rings is 2. The quantitative estimate of drug-likeness (QED) is 0.656. The zero-order valence-electron chi connectivity index (χ0n) is 17.2. The molecule has 0 amide bonds. The topological polar surface area (TPSA) is 74.9 Å². The van der Waals surface area contributed by atoms with Crippen molar-refractivity contribution in [2.24, 2.45) is 0 Å². The average Bonchev–Trinajstić information content (AvgIpc) is 2.79. The number of piperazine rings is 1. The predicted octanol–water partition coefficient (Wildman–Crippen LogP) is 2.65. The maximum absolute atomic E-state index is 12.5. The SMILES string of the molecule is COC(=O)c1c[nH]c2cc(CN3CCN(c4ccc(OC)cc4)CC3)ccc2c1=O. The Morgan fingerprint density at radius 1 is 1.03 bits per heavy atom. The fraction of sp³-hybridized carbons (Fsp3) is 0.304. The fourth-order valence-electron chi connectivity index (χ4n) is 3.84. The molecule has 2 aromatic carbocycles. The summed E-state index contributed by atoms with van der Waals surface area (Å²) < 4.78 is 9.90. The molecule has 2 heterocycles. The Kier molecular flexibility index (Phi) is 5.72. The molecule has 7 nitrogen and oxygen atoms in total. The number of carbonyl (C=O) groups is 1. The van der Waals surface area contributed by atoms with Crippen LogP contribution in [-0.4, -0.2) is 56.3 Å². The summed E-state index contributed by atoms with van der Waals surface area (Å²) in [4.78, 5) is 32.0. The first-order chi connectivity index (χ1) is 14.6. The molecule has 156 valence electrons. The van der Waals surface area contributed by atoms with Crippen molar-refractivity contribution in [3.05, 3.63) is 70.0 Å². The molecule has 1 aliphatic heterocycles. The van der Waals surface area contributed by atoms with Crippen molar-refractivity contribution in [1.82, 2.24) is 9.88 Å². The second-order valence-corrected chi connectivity index (χ2v) is 7.36. The van der Waals surface area contributed by atoms with E-state index in [0.717, 1.165) is 49.6 Å². The third-order valence-corrected chi connectivity index (χ3v) is 5.57. The zero-order valence-corrected chi connectivity index (χ0v) is 17.2. The Hall–Kier alpha value is -3.32. The molecule has 3 aromatic rings. The van der Waals surface area contributed by atoms with E-state index >= 15 is 0 Å². The highest BCUT2D eigenvalue weighted by atomic mass is 16.5. The molecule has 1 aromatic heterocycles. The standard InChI is InChI=1S/C23H25N3O4/c1-29-18-6-4-17(5-7-18)26-11-9-25(10-12-26)15-16-3-8-19-21(13-16)24-14-20(22(19)27)23(28)30-2/h3-8,13-14H,9-12,15H2,1-2H3,(H,24,27). The Morgan fingerprint density at radius 3 is 2.43 bits per heavy atom. The van der Waals surface area contributed by atoms with Crippen molar-refractivity contribution in [1.29, 1.82) is 0 Å². The normalized spacial score (nSPS) is 14.7. The molecule has 1 N–H and O–H groups in total. The molecular formula is C23H25N3O4. The minimum absolute atomic E-state index is 0.0207. The van der Waals surface area contributed by atoms with Crippen LogP contribution in [0.25, 0.3) is 10.9 Å². The first-order valence-corrected chi connectivity index (χ1v) is 9.93. The lowest BCUT2D eigenvalue weighted by atomic mass is 10.1. The molecule has 1 saturated heterocycles. The van der Waals surface area contributed by atoms with E-state index in [-0.39, 0.29) is 11.0 Å². The molecule has 0 atom stereocenters. The smallest absolute Gasteiger partial charge is 0.343 e. The van der Waals surface area contributed by atoms with Gasteiger partial charge in [-0.3, -0.25) is 9.69 Å². The van der Waals surface area contributed by atoms with E-state index in [4.69, 9.17) is 4.74 Å². The second kappa shape index (κ2) is 8.59. The number of H-pyrrole nitrogens is 1. The lowest BCUT2D eigenvalue weighted by molar-refractivity contribution is 0.0599. The van der Waals surface area contributed by atoms with Gasteiger partial charge < -0.3 is 19.4 Å². The summed E-state index contributed by atoms with van der Waals surface area (Å²) in [5.41, 5.74) is 2.77. The molecule has 0 unspecified atom stereocenters. The van der Waals surface area contributed by atoms with Crippen LogP contribution in [0.3, 0.4) is 0 Å². The van der Waals surface area contributed by atoms with E-state index in [1.807, 2.05) is 24.3 Å². The molecule has 0 aliphatic carbocycles. The number of aromatic amines is 1.